The molecular formula is C15H19Cl2NO4. The number of amides is 1. The van der Waals surface area contributed by atoms with E-state index < -0.39 is 12.1 Å². The smallest absolute Gasteiger partial charge is 0.414 e. The van der Waals surface area contributed by atoms with E-state index in [-0.39, 0.29) is 27.9 Å². The molecule has 0 N–H and O–H groups in total. The number of halogens is 2. The summed E-state index contributed by atoms with van der Waals surface area (Å²) in [5.41, 5.74) is 0.394. The third kappa shape index (κ3) is 4.27. The Balaban J connectivity index is 3.37. The lowest BCUT2D eigenvalue weighted by Gasteiger charge is -2.24. The highest BCUT2D eigenvalue weighted by Crippen LogP contribution is 2.37. The molecule has 1 amide bonds. The van der Waals surface area contributed by atoms with Gasteiger partial charge in [0, 0.05) is 6.54 Å². The highest BCUT2D eigenvalue weighted by Gasteiger charge is 2.26. The second-order valence-electron chi connectivity index (χ2n) is 4.52. The second kappa shape index (κ2) is 8.86. The molecule has 5 nitrogen and oxygen atoms in total. The molecule has 0 saturated heterocycles. The van der Waals surface area contributed by atoms with Gasteiger partial charge in [-0.05, 0) is 25.0 Å². The fourth-order valence-corrected chi connectivity index (χ4v) is 2.29. The molecule has 22 heavy (non-hydrogen) atoms. The first-order chi connectivity index (χ1) is 10.5. The van der Waals surface area contributed by atoms with E-state index in [0.29, 0.717) is 19.4 Å². The van der Waals surface area contributed by atoms with Crippen LogP contribution >= 0.6 is 23.2 Å². The van der Waals surface area contributed by atoms with Crippen molar-refractivity contribution in [2.24, 2.45) is 0 Å². The van der Waals surface area contributed by atoms with E-state index in [0.717, 1.165) is 0 Å². The second-order valence-corrected chi connectivity index (χ2v) is 5.30. The zero-order valence-corrected chi connectivity index (χ0v) is 14.3. The molecule has 0 spiro atoms. The van der Waals surface area contributed by atoms with Gasteiger partial charge in [-0.15, -0.1) is 0 Å². The standard InChI is InChI=1S/C15H19Cl2NO4/c1-4-8-18(15(20)21-3)13-10(14(19)22-9-5-2)6-7-11(16)12(13)17/h6-7H,4-5,8-9H2,1-3H3. The molecule has 0 aliphatic carbocycles. The minimum atomic E-state index is -0.615. The van der Waals surface area contributed by atoms with Crippen molar-refractivity contribution >= 4 is 41.0 Å². The van der Waals surface area contributed by atoms with Gasteiger partial charge in [-0.25, -0.2) is 9.59 Å². The monoisotopic (exact) mass is 347 g/mol. The molecule has 1 aromatic carbocycles. The minimum Gasteiger partial charge on any atom is -0.462 e. The number of nitrogens with zero attached hydrogens (tertiary/aromatic N) is 1. The number of benzene rings is 1. The summed E-state index contributed by atoms with van der Waals surface area (Å²) in [4.78, 5) is 25.5. The molecule has 0 fully saturated rings. The van der Waals surface area contributed by atoms with Crippen molar-refractivity contribution in [2.75, 3.05) is 25.2 Å². The first-order valence-electron chi connectivity index (χ1n) is 6.98. The van der Waals surface area contributed by atoms with Crippen molar-refractivity contribution < 1.29 is 19.1 Å². The Morgan fingerprint density at radius 2 is 1.86 bits per heavy atom. The Morgan fingerprint density at radius 3 is 2.41 bits per heavy atom. The molecule has 0 heterocycles. The van der Waals surface area contributed by atoms with Gasteiger partial charge >= 0.3 is 12.1 Å². The topological polar surface area (TPSA) is 55.8 Å². The average molecular weight is 348 g/mol. The summed E-state index contributed by atoms with van der Waals surface area (Å²) in [6.07, 6.45) is 0.731. The first kappa shape index (κ1) is 18.6. The number of carbonyl (C=O) groups is 2. The summed E-state index contributed by atoms with van der Waals surface area (Å²) in [5, 5.41) is 0.361. The number of hydrogen-bond donors (Lipinski definition) is 0. The van der Waals surface area contributed by atoms with Crippen LogP contribution in [-0.4, -0.2) is 32.3 Å². The van der Waals surface area contributed by atoms with Gasteiger partial charge in [0.2, 0.25) is 0 Å². The Bertz CT molecular complexity index is 549. The summed E-state index contributed by atoms with van der Waals surface area (Å²) < 4.78 is 9.90. The van der Waals surface area contributed by atoms with Crippen LogP contribution < -0.4 is 4.90 Å². The van der Waals surface area contributed by atoms with Gasteiger partial charge in [0.1, 0.15) is 0 Å². The minimum absolute atomic E-state index is 0.117. The molecule has 0 aliphatic rings. The first-order valence-corrected chi connectivity index (χ1v) is 7.74. The maximum absolute atomic E-state index is 12.2. The van der Waals surface area contributed by atoms with Crippen molar-refractivity contribution in [1.82, 2.24) is 0 Å². The molecular weight excluding hydrogens is 329 g/mol. The number of carbonyl (C=O) groups excluding carboxylic acids is 2. The quantitative estimate of drug-likeness (QED) is 0.708. The van der Waals surface area contributed by atoms with Gasteiger partial charge in [0.15, 0.2) is 0 Å². The third-order valence-corrected chi connectivity index (χ3v) is 3.63. The average Bonchev–Trinajstić information content (AvgIpc) is 2.52. The van der Waals surface area contributed by atoms with Crippen LogP contribution in [0.2, 0.25) is 10.0 Å². The molecule has 0 saturated carbocycles. The number of hydrogen-bond acceptors (Lipinski definition) is 4. The molecule has 0 unspecified atom stereocenters. The van der Waals surface area contributed by atoms with Crippen molar-refractivity contribution in [3.05, 3.63) is 27.7 Å². The molecule has 0 aromatic heterocycles. The largest absolute Gasteiger partial charge is 0.462 e. The highest BCUT2D eigenvalue weighted by atomic mass is 35.5. The molecule has 0 radical (unpaired) electrons. The molecule has 1 aromatic rings. The lowest BCUT2D eigenvalue weighted by Crippen LogP contribution is -2.33. The summed E-state index contributed by atoms with van der Waals surface area (Å²) >= 11 is 12.2. The molecule has 7 heteroatoms. The summed E-state index contributed by atoms with van der Waals surface area (Å²) in [7, 11) is 1.26. The van der Waals surface area contributed by atoms with Crippen LogP contribution in [0.25, 0.3) is 0 Å². The fraction of sp³-hybridized carbons (Fsp3) is 0.467. The van der Waals surface area contributed by atoms with Crippen LogP contribution in [0.4, 0.5) is 10.5 Å². The SMILES string of the molecule is CCCOC(=O)c1ccc(Cl)c(Cl)c1N(CCC)C(=O)OC. The van der Waals surface area contributed by atoms with Crippen LogP contribution in [0.1, 0.15) is 37.0 Å². The van der Waals surface area contributed by atoms with Gasteiger partial charge in [-0.2, -0.15) is 0 Å². The Labute approximate surface area is 140 Å². The third-order valence-electron chi connectivity index (χ3n) is 2.84. The molecule has 0 aliphatic heterocycles. The molecule has 1 rings (SSSR count). The van der Waals surface area contributed by atoms with Crippen LogP contribution in [0.3, 0.4) is 0 Å². The Kier molecular flexibility index (Phi) is 7.48. The van der Waals surface area contributed by atoms with E-state index in [1.807, 2.05) is 13.8 Å². The Morgan fingerprint density at radius 1 is 1.18 bits per heavy atom. The highest BCUT2D eigenvalue weighted by molar-refractivity contribution is 6.44. The van der Waals surface area contributed by atoms with Crippen LogP contribution in [-0.2, 0) is 9.47 Å². The summed E-state index contributed by atoms with van der Waals surface area (Å²) in [5.74, 6) is -0.555. The van der Waals surface area contributed by atoms with Crippen LogP contribution in [0.15, 0.2) is 12.1 Å². The van der Waals surface area contributed by atoms with Gasteiger partial charge < -0.3 is 9.47 Å². The zero-order chi connectivity index (χ0) is 16.7. The van der Waals surface area contributed by atoms with E-state index in [2.05, 4.69) is 0 Å². The van der Waals surface area contributed by atoms with Crippen molar-refractivity contribution in [3.63, 3.8) is 0 Å². The molecule has 122 valence electrons. The normalized spacial score (nSPS) is 10.2. The maximum atomic E-state index is 12.2. The van der Waals surface area contributed by atoms with E-state index in [1.165, 1.54) is 24.1 Å². The van der Waals surface area contributed by atoms with Crippen molar-refractivity contribution in [1.29, 1.82) is 0 Å². The predicted molar refractivity (Wildman–Crippen MR) is 87.1 cm³/mol. The maximum Gasteiger partial charge on any atom is 0.414 e. The lowest BCUT2D eigenvalue weighted by atomic mass is 10.1. The van der Waals surface area contributed by atoms with Gasteiger partial charge in [-0.3, -0.25) is 4.90 Å². The lowest BCUT2D eigenvalue weighted by molar-refractivity contribution is 0.0506. The number of rotatable bonds is 6. The number of esters is 1. The fourth-order valence-electron chi connectivity index (χ4n) is 1.87. The van der Waals surface area contributed by atoms with Gasteiger partial charge in [-0.1, -0.05) is 37.0 Å². The van der Waals surface area contributed by atoms with Crippen molar-refractivity contribution in [2.45, 2.75) is 26.7 Å². The van der Waals surface area contributed by atoms with Crippen molar-refractivity contribution in [3.8, 4) is 0 Å². The van der Waals surface area contributed by atoms with E-state index in [9.17, 15) is 9.59 Å². The van der Waals surface area contributed by atoms with Crippen LogP contribution in [0, 0.1) is 0 Å². The Hall–Kier alpha value is -1.46. The molecule has 0 atom stereocenters. The number of methoxy groups -OCH3 is 1. The predicted octanol–water partition coefficient (Wildman–Crippen LogP) is 4.54. The van der Waals surface area contributed by atoms with E-state index >= 15 is 0 Å². The number of anilines is 1. The van der Waals surface area contributed by atoms with Gasteiger partial charge in [0.05, 0.1) is 35.0 Å². The van der Waals surface area contributed by atoms with Crippen LogP contribution in [0.5, 0.6) is 0 Å². The molecule has 0 bridgehead atoms. The summed E-state index contributed by atoms with van der Waals surface area (Å²) in [6, 6.07) is 2.99. The number of ether oxygens (including phenoxy) is 2. The van der Waals surface area contributed by atoms with E-state index in [4.69, 9.17) is 32.7 Å². The zero-order valence-electron chi connectivity index (χ0n) is 12.8. The van der Waals surface area contributed by atoms with Gasteiger partial charge in [0.25, 0.3) is 0 Å². The van der Waals surface area contributed by atoms with E-state index in [1.54, 1.807) is 0 Å². The summed E-state index contributed by atoms with van der Waals surface area (Å²) in [6.45, 7) is 4.40.